The number of nitrogens with zero attached hydrogens (tertiary/aromatic N) is 5. The lowest BCUT2D eigenvalue weighted by atomic mass is 10.1. The molecule has 0 bridgehead atoms. The predicted octanol–water partition coefficient (Wildman–Crippen LogP) is 2.95. The number of hydrogen-bond acceptors (Lipinski definition) is 6. The Morgan fingerprint density at radius 2 is 2.19 bits per heavy atom. The molecule has 8 nitrogen and oxygen atoms in total. The zero-order valence-electron chi connectivity index (χ0n) is 17.4. The minimum Gasteiger partial charge on any atom is -0.491 e. The molecule has 3 aromatic heterocycles. The fourth-order valence-corrected chi connectivity index (χ4v) is 4.01. The largest absolute Gasteiger partial charge is 0.491 e. The molecule has 5 rings (SSSR count). The van der Waals surface area contributed by atoms with Gasteiger partial charge < -0.3 is 15.0 Å². The lowest BCUT2D eigenvalue weighted by Gasteiger charge is -2.15. The molecule has 3 aromatic rings. The molecule has 158 valence electrons. The van der Waals surface area contributed by atoms with E-state index < -0.39 is 0 Å². The molecule has 31 heavy (non-hydrogen) atoms. The van der Waals surface area contributed by atoms with Crippen LogP contribution in [-0.2, 0) is 4.79 Å². The molecule has 0 spiro atoms. The molecule has 0 radical (unpaired) electrons. The Kier molecular flexibility index (Phi) is 5.04. The lowest BCUT2D eigenvalue weighted by Crippen LogP contribution is -2.18. The number of aromatic nitrogens is 3. The van der Waals surface area contributed by atoms with Crippen molar-refractivity contribution >= 4 is 17.2 Å². The zero-order valence-corrected chi connectivity index (χ0v) is 17.4. The van der Waals surface area contributed by atoms with Crippen molar-refractivity contribution in [3.63, 3.8) is 0 Å². The number of anilines is 1. The molecule has 1 N–H and O–H groups in total. The smallest absolute Gasteiger partial charge is 0.228 e. The van der Waals surface area contributed by atoms with Crippen LogP contribution in [0.15, 0.2) is 36.7 Å². The molecular formula is C23H24N6O2. The quantitative estimate of drug-likeness (QED) is 0.664. The maximum absolute atomic E-state index is 12.0. The van der Waals surface area contributed by atoms with Gasteiger partial charge >= 0.3 is 0 Å². The Labute approximate surface area is 180 Å². The average molecular weight is 416 g/mol. The van der Waals surface area contributed by atoms with Crippen LogP contribution >= 0.6 is 0 Å². The highest BCUT2D eigenvalue weighted by atomic mass is 16.5. The van der Waals surface area contributed by atoms with E-state index in [2.05, 4.69) is 33.4 Å². The summed E-state index contributed by atoms with van der Waals surface area (Å²) in [6.07, 6.45) is 6.50. The molecule has 1 saturated heterocycles. The van der Waals surface area contributed by atoms with Gasteiger partial charge in [-0.25, -0.2) is 9.50 Å². The predicted molar refractivity (Wildman–Crippen MR) is 116 cm³/mol. The van der Waals surface area contributed by atoms with Gasteiger partial charge in [0, 0.05) is 36.2 Å². The maximum atomic E-state index is 12.0. The Balaban J connectivity index is 1.42. The molecule has 2 fully saturated rings. The number of ether oxygens (including phenoxy) is 1. The number of fused-ring (bicyclic) bond motifs is 1. The molecule has 2 aliphatic rings. The van der Waals surface area contributed by atoms with E-state index in [-0.39, 0.29) is 11.8 Å². The van der Waals surface area contributed by atoms with Crippen LogP contribution in [0.4, 0.5) is 5.82 Å². The maximum Gasteiger partial charge on any atom is 0.228 e. The number of hydrogen-bond donors (Lipinski definition) is 1. The summed E-state index contributed by atoms with van der Waals surface area (Å²) in [5.74, 6) is 1.86. The monoisotopic (exact) mass is 416 g/mol. The third kappa shape index (κ3) is 4.23. The van der Waals surface area contributed by atoms with Gasteiger partial charge in [-0.1, -0.05) is 0 Å². The first-order chi connectivity index (χ1) is 15.1. The van der Waals surface area contributed by atoms with E-state index in [0.717, 1.165) is 49.0 Å². The van der Waals surface area contributed by atoms with Crippen molar-refractivity contribution in [3.05, 3.63) is 42.4 Å². The molecule has 0 aromatic carbocycles. The highest BCUT2D eigenvalue weighted by Crippen LogP contribution is 2.33. The molecule has 0 unspecified atom stereocenters. The number of amides is 1. The van der Waals surface area contributed by atoms with Crippen LogP contribution in [0.5, 0.6) is 5.75 Å². The minimum absolute atomic E-state index is 0.0321. The number of likely N-dealkylation sites (tertiary alicyclic amines) is 1. The molecule has 4 heterocycles. The molecular weight excluding hydrogens is 392 g/mol. The Morgan fingerprint density at radius 1 is 1.32 bits per heavy atom. The standard InChI is InChI=1S/C23H24N6O2/c1-28-6-4-15(13-28)14-31-21-12-25-18(11-24)9-20(21)17-5-7-29-19(8-17)10-22(27-29)26-23(30)16-2-3-16/h5,7-10,12,15-16H,2-4,6,13-14H2,1H3,(H,26,27,30)/t15-/m1/s1. The van der Waals surface area contributed by atoms with Crippen molar-refractivity contribution in [3.8, 4) is 22.9 Å². The summed E-state index contributed by atoms with van der Waals surface area (Å²) in [7, 11) is 2.12. The van der Waals surface area contributed by atoms with Gasteiger partial charge in [0.05, 0.1) is 18.3 Å². The number of rotatable bonds is 6. The third-order valence-corrected chi connectivity index (χ3v) is 5.92. The van der Waals surface area contributed by atoms with Crippen LogP contribution in [0.1, 0.15) is 25.0 Å². The van der Waals surface area contributed by atoms with Gasteiger partial charge in [-0.15, -0.1) is 0 Å². The van der Waals surface area contributed by atoms with Crippen molar-refractivity contribution < 1.29 is 9.53 Å². The summed E-state index contributed by atoms with van der Waals surface area (Å²) in [6.45, 7) is 2.73. The number of nitriles is 1. The first-order valence-corrected chi connectivity index (χ1v) is 10.6. The molecule has 1 atom stereocenters. The molecule has 1 saturated carbocycles. The van der Waals surface area contributed by atoms with Gasteiger partial charge in [-0.3, -0.25) is 4.79 Å². The van der Waals surface area contributed by atoms with E-state index in [1.54, 1.807) is 16.8 Å². The fourth-order valence-electron chi connectivity index (χ4n) is 4.01. The number of nitrogens with one attached hydrogen (secondary N) is 1. The molecule has 1 amide bonds. The Morgan fingerprint density at radius 3 is 2.94 bits per heavy atom. The second kappa shape index (κ2) is 8.00. The average Bonchev–Trinajstić information content (AvgIpc) is 3.43. The Hall–Kier alpha value is -3.44. The summed E-state index contributed by atoms with van der Waals surface area (Å²) in [4.78, 5) is 18.5. The second-order valence-corrected chi connectivity index (χ2v) is 8.48. The van der Waals surface area contributed by atoms with E-state index in [4.69, 9.17) is 4.74 Å². The fraction of sp³-hybridized carbons (Fsp3) is 0.391. The van der Waals surface area contributed by atoms with Gasteiger partial charge in [-0.2, -0.15) is 10.4 Å². The third-order valence-electron chi connectivity index (χ3n) is 5.92. The van der Waals surface area contributed by atoms with E-state index in [0.29, 0.717) is 29.8 Å². The minimum atomic E-state index is 0.0321. The highest BCUT2D eigenvalue weighted by Gasteiger charge is 2.30. The number of pyridine rings is 2. The van der Waals surface area contributed by atoms with Crippen molar-refractivity contribution in [2.75, 3.05) is 32.1 Å². The zero-order chi connectivity index (χ0) is 21.4. The number of carbonyl (C=O) groups excluding carboxylic acids is 1. The topological polar surface area (TPSA) is 95.6 Å². The lowest BCUT2D eigenvalue weighted by molar-refractivity contribution is -0.117. The van der Waals surface area contributed by atoms with E-state index in [1.807, 2.05) is 24.4 Å². The number of carbonyl (C=O) groups is 1. The molecule has 1 aliphatic heterocycles. The van der Waals surface area contributed by atoms with Crippen molar-refractivity contribution in [2.24, 2.45) is 11.8 Å². The first kappa shape index (κ1) is 19.5. The van der Waals surface area contributed by atoms with Gasteiger partial charge in [0.1, 0.15) is 17.5 Å². The van der Waals surface area contributed by atoms with Crippen LogP contribution in [-0.4, -0.2) is 52.1 Å². The van der Waals surface area contributed by atoms with Crippen LogP contribution in [0.3, 0.4) is 0 Å². The van der Waals surface area contributed by atoms with Crippen LogP contribution in [0.2, 0.25) is 0 Å². The van der Waals surface area contributed by atoms with Gasteiger partial charge in [-0.05, 0) is 56.6 Å². The van der Waals surface area contributed by atoms with Gasteiger partial charge in [0.25, 0.3) is 0 Å². The summed E-state index contributed by atoms with van der Waals surface area (Å²) >= 11 is 0. The van der Waals surface area contributed by atoms with Crippen molar-refractivity contribution in [1.82, 2.24) is 19.5 Å². The van der Waals surface area contributed by atoms with Crippen molar-refractivity contribution in [1.29, 1.82) is 5.26 Å². The SMILES string of the molecule is CN1CC[C@@H](COc2cnc(C#N)cc2-c2ccn3nc(NC(=O)C4CC4)cc3c2)C1. The highest BCUT2D eigenvalue weighted by molar-refractivity contribution is 5.93. The van der Waals surface area contributed by atoms with E-state index in [1.165, 1.54) is 0 Å². The van der Waals surface area contributed by atoms with Gasteiger partial charge in [0.15, 0.2) is 5.82 Å². The van der Waals surface area contributed by atoms with Crippen LogP contribution < -0.4 is 10.1 Å². The first-order valence-electron chi connectivity index (χ1n) is 10.6. The Bertz CT molecular complexity index is 1180. The van der Waals surface area contributed by atoms with Gasteiger partial charge in [0.2, 0.25) is 5.91 Å². The summed E-state index contributed by atoms with van der Waals surface area (Å²) < 4.78 is 7.88. The second-order valence-electron chi connectivity index (χ2n) is 8.48. The van der Waals surface area contributed by atoms with Crippen molar-refractivity contribution in [2.45, 2.75) is 19.3 Å². The molecule has 8 heteroatoms. The summed E-state index contributed by atoms with van der Waals surface area (Å²) in [5, 5.41) is 16.6. The normalized spacial score (nSPS) is 18.8. The summed E-state index contributed by atoms with van der Waals surface area (Å²) in [5.41, 5.74) is 2.92. The summed E-state index contributed by atoms with van der Waals surface area (Å²) in [6, 6.07) is 9.63. The van der Waals surface area contributed by atoms with E-state index in [9.17, 15) is 10.1 Å². The van der Waals surface area contributed by atoms with Crippen LogP contribution in [0.25, 0.3) is 16.6 Å². The van der Waals surface area contributed by atoms with Crippen LogP contribution in [0, 0.1) is 23.2 Å². The van der Waals surface area contributed by atoms with E-state index >= 15 is 0 Å². The molecule has 1 aliphatic carbocycles.